The Kier molecular flexibility index (Phi) is 6.00. The van der Waals surface area contributed by atoms with E-state index in [1.165, 1.54) is 29.7 Å². The van der Waals surface area contributed by atoms with E-state index in [0.29, 0.717) is 18.2 Å². The zero-order valence-corrected chi connectivity index (χ0v) is 16.1. The Hall–Kier alpha value is -1.55. The highest BCUT2D eigenvalue weighted by Crippen LogP contribution is 2.24. The van der Waals surface area contributed by atoms with E-state index < -0.39 is 0 Å². The summed E-state index contributed by atoms with van der Waals surface area (Å²) in [6.45, 7) is 13.7. The third kappa shape index (κ3) is 4.55. The molecule has 1 aromatic rings. The maximum Gasteiger partial charge on any atom is 0.223 e. The van der Waals surface area contributed by atoms with Crippen molar-refractivity contribution in [2.75, 3.05) is 50.7 Å². The van der Waals surface area contributed by atoms with Crippen LogP contribution < -0.4 is 4.90 Å². The van der Waals surface area contributed by atoms with Crippen LogP contribution in [-0.2, 0) is 4.79 Å². The van der Waals surface area contributed by atoms with E-state index in [1.807, 2.05) is 0 Å². The largest absolute Gasteiger partial charge is 0.369 e. The van der Waals surface area contributed by atoms with E-state index in [9.17, 15) is 4.79 Å². The van der Waals surface area contributed by atoms with Gasteiger partial charge in [-0.15, -0.1) is 0 Å². The van der Waals surface area contributed by atoms with Crippen molar-refractivity contribution in [3.8, 4) is 0 Å². The van der Waals surface area contributed by atoms with Crippen LogP contribution in [0.25, 0.3) is 0 Å². The van der Waals surface area contributed by atoms with Crippen molar-refractivity contribution in [2.45, 2.75) is 40.0 Å². The molecule has 1 unspecified atom stereocenters. The number of anilines is 1. The van der Waals surface area contributed by atoms with Crippen LogP contribution >= 0.6 is 0 Å². The van der Waals surface area contributed by atoms with E-state index in [4.69, 9.17) is 0 Å². The van der Waals surface area contributed by atoms with Gasteiger partial charge in [0.15, 0.2) is 0 Å². The molecule has 2 heterocycles. The smallest absolute Gasteiger partial charge is 0.223 e. The summed E-state index contributed by atoms with van der Waals surface area (Å²) < 4.78 is 0. The van der Waals surface area contributed by atoms with Crippen molar-refractivity contribution < 1.29 is 4.79 Å². The number of carbonyl (C=O) groups excluding carboxylic acids is 1. The molecule has 0 spiro atoms. The Morgan fingerprint density at radius 2 is 1.88 bits per heavy atom. The summed E-state index contributed by atoms with van der Waals surface area (Å²) in [5.41, 5.74) is 4.13. The van der Waals surface area contributed by atoms with Crippen molar-refractivity contribution in [1.29, 1.82) is 0 Å². The maximum atomic E-state index is 12.4. The average Bonchev–Trinajstić information content (AvgIpc) is 2.62. The minimum atomic E-state index is 0.350. The summed E-state index contributed by atoms with van der Waals surface area (Å²) in [4.78, 5) is 19.5. The first-order valence-corrected chi connectivity index (χ1v) is 9.86. The van der Waals surface area contributed by atoms with Crippen LogP contribution in [0.5, 0.6) is 0 Å². The summed E-state index contributed by atoms with van der Waals surface area (Å²) >= 11 is 0. The lowest BCUT2D eigenvalue weighted by Gasteiger charge is -2.37. The van der Waals surface area contributed by atoms with Gasteiger partial charge in [0.1, 0.15) is 0 Å². The molecule has 25 heavy (non-hydrogen) atoms. The van der Waals surface area contributed by atoms with E-state index in [2.05, 4.69) is 53.7 Å². The molecule has 1 atom stereocenters. The third-order valence-corrected chi connectivity index (χ3v) is 5.94. The van der Waals surface area contributed by atoms with Gasteiger partial charge in [-0.1, -0.05) is 19.1 Å². The first-order valence-electron chi connectivity index (χ1n) is 9.86. The molecule has 4 heteroatoms. The number of likely N-dealkylation sites (tertiary alicyclic amines) is 1. The van der Waals surface area contributed by atoms with Crippen molar-refractivity contribution in [3.05, 3.63) is 29.3 Å². The van der Waals surface area contributed by atoms with Crippen molar-refractivity contribution >= 4 is 11.6 Å². The van der Waals surface area contributed by atoms with E-state index in [-0.39, 0.29) is 0 Å². The Morgan fingerprint density at radius 3 is 2.60 bits per heavy atom. The number of hydrogen-bond acceptors (Lipinski definition) is 3. The van der Waals surface area contributed by atoms with Crippen LogP contribution in [0.1, 0.15) is 37.3 Å². The lowest BCUT2D eigenvalue weighted by Crippen LogP contribution is -2.48. The molecular weight excluding hydrogens is 310 g/mol. The van der Waals surface area contributed by atoms with Crippen LogP contribution in [0.15, 0.2) is 18.2 Å². The number of piperidine rings is 1. The van der Waals surface area contributed by atoms with Crippen LogP contribution in [0.3, 0.4) is 0 Å². The second-order valence-electron chi connectivity index (χ2n) is 7.88. The van der Waals surface area contributed by atoms with Gasteiger partial charge in [0.25, 0.3) is 0 Å². The summed E-state index contributed by atoms with van der Waals surface area (Å²) in [5.74, 6) is 1.02. The minimum Gasteiger partial charge on any atom is -0.369 e. The predicted octanol–water partition coefficient (Wildman–Crippen LogP) is 3.07. The molecule has 0 radical (unpaired) electrons. The predicted molar refractivity (Wildman–Crippen MR) is 104 cm³/mol. The number of aryl methyl sites for hydroxylation is 1. The molecule has 2 fully saturated rings. The van der Waals surface area contributed by atoms with Crippen molar-refractivity contribution in [1.82, 2.24) is 9.80 Å². The number of nitrogens with zero attached hydrogens (tertiary/aromatic N) is 3. The highest BCUT2D eigenvalue weighted by Gasteiger charge is 2.23. The van der Waals surface area contributed by atoms with Crippen molar-refractivity contribution in [3.63, 3.8) is 0 Å². The average molecular weight is 344 g/mol. The zero-order chi connectivity index (χ0) is 17.8. The molecule has 138 valence electrons. The van der Waals surface area contributed by atoms with Gasteiger partial charge in [0.2, 0.25) is 5.91 Å². The van der Waals surface area contributed by atoms with Gasteiger partial charge in [-0.05, 0) is 49.8 Å². The molecule has 0 saturated carbocycles. The Bertz CT molecular complexity index is 593. The van der Waals surface area contributed by atoms with E-state index in [1.54, 1.807) is 0 Å². The molecule has 2 aliphatic heterocycles. The first-order chi connectivity index (χ1) is 12.0. The van der Waals surface area contributed by atoms with Crippen LogP contribution in [0.4, 0.5) is 5.69 Å². The number of hydrogen-bond donors (Lipinski definition) is 0. The second kappa shape index (κ2) is 8.22. The number of carbonyl (C=O) groups is 1. The Labute approximate surface area is 152 Å². The molecule has 2 saturated heterocycles. The molecule has 1 amide bonds. The molecule has 3 rings (SSSR count). The maximum absolute atomic E-state index is 12.4. The van der Waals surface area contributed by atoms with Gasteiger partial charge in [-0.3, -0.25) is 9.69 Å². The monoisotopic (exact) mass is 343 g/mol. The Balaban J connectivity index is 1.45. The highest BCUT2D eigenvalue weighted by molar-refractivity contribution is 5.76. The molecule has 0 aliphatic carbocycles. The van der Waals surface area contributed by atoms with Crippen LogP contribution in [-0.4, -0.2) is 61.5 Å². The van der Waals surface area contributed by atoms with Gasteiger partial charge in [-0.25, -0.2) is 0 Å². The van der Waals surface area contributed by atoms with Gasteiger partial charge in [0, 0.05) is 57.9 Å². The van der Waals surface area contributed by atoms with Gasteiger partial charge in [-0.2, -0.15) is 0 Å². The van der Waals surface area contributed by atoms with Crippen molar-refractivity contribution in [2.24, 2.45) is 5.92 Å². The fourth-order valence-corrected chi connectivity index (χ4v) is 4.12. The third-order valence-electron chi connectivity index (χ3n) is 5.94. The molecule has 0 bridgehead atoms. The quantitative estimate of drug-likeness (QED) is 0.841. The zero-order valence-electron chi connectivity index (χ0n) is 16.1. The second-order valence-corrected chi connectivity index (χ2v) is 7.88. The van der Waals surface area contributed by atoms with Crippen LogP contribution in [0, 0.1) is 19.8 Å². The Morgan fingerprint density at radius 1 is 1.12 bits per heavy atom. The topological polar surface area (TPSA) is 26.8 Å². The van der Waals surface area contributed by atoms with Gasteiger partial charge < -0.3 is 9.80 Å². The summed E-state index contributed by atoms with van der Waals surface area (Å²) in [6.07, 6.45) is 3.11. The molecule has 0 N–H and O–H groups in total. The molecule has 2 aliphatic rings. The normalized spacial score (nSPS) is 22.3. The SMILES string of the molecule is Cc1cccc(N2CCN(CCC(=O)N3CCCC(C)C3)CC2)c1C. The fraction of sp³-hybridized carbons (Fsp3) is 0.667. The standard InChI is InChI=1S/C21H33N3O/c1-17-6-5-10-24(16-17)21(25)9-11-22-12-14-23(15-13-22)20-8-4-7-18(2)19(20)3/h4,7-8,17H,5-6,9-16H2,1-3H3. The minimum absolute atomic E-state index is 0.350. The lowest BCUT2D eigenvalue weighted by atomic mass is 10.00. The number of rotatable bonds is 4. The molecule has 1 aromatic carbocycles. The highest BCUT2D eigenvalue weighted by atomic mass is 16.2. The summed E-state index contributed by atoms with van der Waals surface area (Å²) in [7, 11) is 0. The fourth-order valence-electron chi connectivity index (χ4n) is 4.12. The van der Waals surface area contributed by atoms with E-state index >= 15 is 0 Å². The van der Waals surface area contributed by atoms with Crippen LogP contribution in [0.2, 0.25) is 0 Å². The molecule has 0 aromatic heterocycles. The molecule has 4 nitrogen and oxygen atoms in total. The summed E-state index contributed by atoms with van der Waals surface area (Å²) in [5, 5.41) is 0. The first kappa shape index (κ1) is 18.2. The van der Waals surface area contributed by atoms with Gasteiger partial charge in [0.05, 0.1) is 0 Å². The lowest BCUT2D eigenvalue weighted by molar-refractivity contribution is -0.133. The summed E-state index contributed by atoms with van der Waals surface area (Å²) in [6, 6.07) is 6.57. The number of benzene rings is 1. The molecular formula is C21H33N3O. The van der Waals surface area contributed by atoms with E-state index in [0.717, 1.165) is 45.8 Å². The van der Waals surface area contributed by atoms with Gasteiger partial charge >= 0.3 is 0 Å². The number of piperazine rings is 1. The number of amides is 1.